The molecule has 0 radical (unpaired) electrons. The predicted octanol–water partition coefficient (Wildman–Crippen LogP) is 2.89. The molecule has 2 heteroatoms. The van der Waals surface area contributed by atoms with Crippen LogP contribution < -0.4 is 5.73 Å². The molecular formula is C13H18FN. The minimum atomic E-state index is -0.0457. The van der Waals surface area contributed by atoms with Crippen LogP contribution in [0.1, 0.15) is 35.4 Å². The summed E-state index contributed by atoms with van der Waals surface area (Å²) in [5.74, 6) is 0.798. The summed E-state index contributed by atoms with van der Waals surface area (Å²) in [6.07, 6.45) is 2.23. The van der Waals surface area contributed by atoms with Crippen molar-refractivity contribution in [3.63, 3.8) is 0 Å². The number of aryl methyl sites for hydroxylation is 2. The molecule has 0 spiro atoms. The van der Waals surface area contributed by atoms with Gasteiger partial charge < -0.3 is 5.73 Å². The highest BCUT2D eigenvalue weighted by Crippen LogP contribution is 2.44. The lowest BCUT2D eigenvalue weighted by atomic mass is 9.69. The van der Waals surface area contributed by atoms with E-state index in [1.54, 1.807) is 6.07 Å². The van der Waals surface area contributed by atoms with Crippen LogP contribution in [0.4, 0.5) is 4.39 Å². The maximum absolute atomic E-state index is 13.9. The average molecular weight is 207 g/mol. The molecule has 0 bridgehead atoms. The first-order valence-corrected chi connectivity index (χ1v) is 5.60. The van der Waals surface area contributed by atoms with Crippen molar-refractivity contribution in [2.75, 3.05) is 6.54 Å². The summed E-state index contributed by atoms with van der Waals surface area (Å²) >= 11 is 0. The molecule has 1 saturated carbocycles. The maximum atomic E-state index is 13.9. The van der Waals surface area contributed by atoms with Crippen LogP contribution in [0.2, 0.25) is 0 Å². The Balaban J connectivity index is 2.35. The second-order valence-electron chi connectivity index (χ2n) is 4.66. The molecule has 1 aromatic rings. The second-order valence-corrected chi connectivity index (χ2v) is 4.66. The molecule has 1 aliphatic carbocycles. The molecule has 0 heterocycles. The molecule has 0 aromatic heterocycles. The van der Waals surface area contributed by atoms with E-state index in [1.165, 1.54) is 0 Å². The Hall–Kier alpha value is -0.890. The van der Waals surface area contributed by atoms with Gasteiger partial charge in [-0.15, -0.1) is 0 Å². The zero-order valence-corrected chi connectivity index (χ0v) is 9.39. The quantitative estimate of drug-likeness (QED) is 0.792. The summed E-state index contributed by atoms with van der Waals surface area (Å²) in [6.45, 7) is 4.61. The summed E-state index contributed by atoms with van der Waals surface area (Å²) in [7, 11) is 0. The fraction of sp³-hybridized carbons (Fsp3) is 0.538. The van der Waals surface area contributed by atoms with Crippen LogP contribution in [0.15, 0.2) is 12.1 Å². The standard InChI is InChI=1S/C13H18FN/c1-8-5-9(2)13(12(14)6-8)11-4-3-10(11)7-15/h5-6,10-11H,3-4,7,15H2,1-2H3. The minimum absolute atomic E-state index is 0.0457. The first kappa shape index (κ1) is 10.6. The van der Waals surface area contributed by atoms with Crippen molar-refractivity contribution in [2.24, 2.45) is 11.7 Å². The summed E-state index contributed by atoms with van der Waals surface area (Å²) in [6, 6.07) is 3.69. The van der Waals surface area contributed by atoms with Gasteiger partial charge in [0, 0.05) is 0 Å². The molecule has 1 aromatic carbocycles. The van der Waals surface area contributed by atoms with E-state index in [9.17, 15) is 4.39 Å². The molecule has 1 aliphatic rings. The van der Waals surface area contributed by atoms with Gasteiger partial charge in [0.15, 0.2) is 0 Å². The van der Waals surface area contributed by atoms with Gasteiger partial charge in [-0.25, -0.2) is 4.39 Å². The molecular weight excluding hydrogens is 189 g/mol. The lowest BCUT2D eigenvalue weighted by Crippen LogP contribution is -2.31. The number of hydrogen-bond acceptors (Lipinski definition) is 1. The molecule has 2 unspecified atom stereocenters. The Labute approximate surface area is 90.5 Å². The number of benzene rings is 1. The Kier molecular flexibility index (Phi) is 2.79. The zero-order valence-electron chi connectivity index (χ0n) is 9.39. The van der Waals surface area contributed by atoms with Crippen LogP contribution in [0.3, 0.4) is 0 Å². The van der Waals surface area contributed by atoms with Crippen LogP contribution in [0.25, 0.3) is 0 Å². The summed E-state index contributed by atoms with van der Waals surface area (Å²) < 4.78 is 13.9. The van der Waals surface area contributed by atoms with E-state index in [-0.39, 0.29) is 5.82 Å². The third-order valence-electron chi connectivity index (χ3n) is 3.57. The SMILES string of the molecule is Cc1cc(C)c(C2CCC2CN)c(F)c1. The van der Waals surface area contributed by atoms with Crippen LogP contribution in [-0.4, -0.2) is 6.54 Å². The number of halogens is 1. The first-order valence-electron chi connectivity index (χ1n) is 5.60. The highest BCUT2D eigenvalue weighted by Gasteiger charge is 2.33. The molecule has 1 fully saturated rings. The van der Waals surface area contributed by atoms with Crippen LogP contribution in [0.5, 0.6) is 0 Å². The van der Waals surface area contributed by atoms with Crippen LogP contribution in [-0.2, 0) is 0 Å². The van der Waals surface area contributed by atoms with E-state index in [4.69, 9.17) is 5.73 Å². The molecule has 15 heavy (non-hydrogen) atoms. The van der Waals surface area contributed by atoms with E-state index in [0.717, 1.165) is 29.5 Å². The van der Waals surface area contributed by atoms with Crippen molar-refractivity contribution < 1.29 is 4.39 Å². The lowest BCUT2D eigenvalue weighted by Gasteiger charge is -2.37. The van der Waals surface area contributed by atoms with Gasteiger partial charge >= 0.3 is 0 Å². The largest absolute Gasteiger partial charge is 0.330 e. The number of rotatable bonds is 2. The number of nitrogens with two attached hydrogens (primary N) is 1. The van der Waals surface area contributed by atoms with Gasteiger partial charge in [0.25, 0.3) is 0 Å². The summed E-state index contributed by atoms with van der Waals surface area (Å²) in [4.78, 5) is 0. The van der Waals surface area contributed by atoms with Crippen LogP contribution in [0, 0.1) is 25.6 Å². The molecule has 2 rings (SSSR count). The smallest absolute Gasteiger partial charge is 0.127 e. The summed E-state index contributed by atoms with van der Waals surface area (Å²) in [5.41, 5.74) is 8.65. The van der Waals surface area contributed by atoms with E-state index in [2.05, 4.69) is 6.07 Å². The van der Waals surface area contributed by atoms with Gasteiger partial charge in [0.05, 0.1) is 0 Å². The van der Waals surface area contributed by atoms with Crippen molar-refractivity contribution >= 4 is 0 Å². The van der Waals surface area contributed by atoms with Gasteiger partial charge in [0.1, 0.15) is 5.82 Å². The second kappa shape index (κ2) is 3.93. The normalized spacial score (nSPS) is 25.1. The van der Waals surface area contributed by atoms with E-state index < -0.39 is 0 Å². The maximum Gasteiger partial charge on any atom is 0.127 e. The third-order valence-corrected chi connectivity index (χ3v) is 3.57. The Morgan fingerprint density at radius 3 is 2.53 bits per heavy atom. The molecule has 0 aliphatic heterocycles. The van der Waals surface area contributed by atoms with Crippen molar-refractivity contribution in [3.05, 3.63) is 34.6 Å². The van der Waals surface area contributed by atoms with Gasteiger partial charge in [-0.1, -0.05) is 6.07 Å². The molecule has 82 valence electrons. The summed E-state index contributed by atoms with van der Waals surface area (Å²) in [5, 5.41) is 0. The highest BCUT2D eigenvalue weighted by atomic mass is 19.1. The van der Waals surface area contributed by atoms with E-state index in [0.29, 0.717) is 18.4 Å². The first-order chi connectivity index (χ1) is 7.13. The van der Waals surface area contributed by atoms with Crippen molar-refractivity contribution in [3.8, 4) is 0 Å². The van der Waals surface area contributed by atoms with Crippen molar-refractivity contribution in [1.29, 1.82) is 0 Å². The highest BCUT2D eigenvalue weighted by molar-refractivity contribution is 5.36. The molecule has 2 N–H and O–H groups in total. The predicted molar refractivity (Wildman–Crippen MR) is 60.4 cm³/mol. The monoisotopic (exact) mass is 207 g/mol. The molecule has 0 amide bonds. The van der Waals surface area contributed by atoms with Crippen LogP contribution >= 0.6 is 0 Å². The average Bonchev–Trinajstić information content (AvgIpc) is 2.09. The van der Waals surface area contributed by atoms with Gasteiger partial charge in [-0.2, -0.15) is 0 Å². The van der Waals surface area contributed by atoms with E-state index in [1.807, 2.05) is 13.8 Å². The third kappa shape index (κ3) is 1.78. The molecule has 1 nitrogen and oxygen atoms in total. The Morgan fingerprint density at radius 1 is 1.33 bits per heavy atom. The topological polar surface area (TPSA) is 26.0 Å². The number of hydrogen-bond donors (Lipinski definition) is 1. The van der Waals surface area contributed by atoms with Gasteiger partial charge in [-0.05, 0) is 67.8 Å². The van der Waals surface area contributed by atoms with E-state index >= 15 is 0 Å². The fourth-order valence-electron chi connectivity index (χ4n) is 2.63. The van der Waals surface area contributed by atoms with Gasteiger partial charge in [0.2, 0.25) is 0 Å². The van der Waals surface area contributed by atoms with Crippen molar-refractivity contribution in [1.82, 2.24) is 0 Å². The fourth-order valence-corrected chi connectivity index (χ4v) is 2.63. The minimum Gasteiger partial charge on any atom is -0.330 e. The Morgan fingerprint density at radius 2 is 2.07 bits per heavy atom. The van der Waals surface area contributed by atoms with Gasteiger partial charge in [-0.3, -0.25) is 0 Å². The zero-order chi connectivity index (χ0) is 11.0. The lowest BCUT2D eigenvalue weighted by molar-refractivity contribution is 0.256. The van der Waals surface area contributed by atoms with Crippen molar-refractivity contribution in [2.45, 2.75) is 32.6 Å². The molecule has 0 saturated heterocycles. The molecule has 2 atom stereocenters. The Bertz CT molecular complexity index is 348.